The number of phosphoric acid groups is 2. The van der Waals surface area contributed by atoms with Crippen LogP contribution in [-0.2, 0) is 65.4 Å². The van der Waals surface area contributed by atoms with Gasteiger partial charge in [-0.3, -0.25) is 37.3 Å². The number of ether oxygens (including phenoxy) is 4. The zero-order chi connectivity index (χ0) is 76.9. The number of esters is 4. The van der Waals surface area contributed by atoms with Crippen molar-refractivity contribution in [3.8, 4) is 0 Å². The average molecular weight is 1540 g/mol. The number of carbonyl (C=O) groups excluding carboxylic acids is 4. The highest BCUT2D eigenvalue weighted by Crippen LogP contribution is 2.45. The molecule has 624 valence electrons. The molecule has 0 radical (unpaired) electrons. The van der Waals surface area contributed by atoms with Crippen molar-refractivity contribution in [3.05, 3.63) is 0 Å². The van der Waals surface area contributed by atoms with Crippen LogP contribution in [0.15, 0.2) is 0 Å². The van der Waals surface area contributed by atoms with Crippen molar-refractivity contribution in [2.45, 2.75) is 483 Å². The number of phosphoric ester groups is 2. The number of hydrogen-bond donors (Lipinski definition) is 3. The van der Waals surface area contributed by atoms with Crippen LogP contribution < -0.4 is 0 Å². The maximum Gasteiger partial charge on any atom is 0.472 e. The van der Waals surface area contributed by atoms with Crippen LogP contribution in [0.4, 0.5) is 0 Å². The molecule has 3 N–H and O–H groups in total. The molecule has 0 saturated heterocycles. The first-order valence-electron chi connectivity index (χ1n) is 44.6. The largest absolute Gasteiger partial charge is 0.472 e. The Bertz CT molecular complexity index is 2000. The molecule has 0 aliphatic carbocycles. The van der Waals surface area contributed by atoms with Crippen molar-refractivity contribution in [3.63, 3.8) is 0 Å². The van der Waals surface area contributed by atoms with E-state index in [0.29, 0.717) is 25.7 Å². The molecule has 0 aliphatic heterocycles. The van der Waals surface area contributed by atoms with Crippen molar-refractivity contribution in [1.29, 1.82) is 0 Å². The van der Waals surface area contributed by atoms with Gasteiger partial charge in [0.15, 0.2) is 12.2 Å². The second kappa shape index (κ2) is 78.7. The first-order valence-corrected chi connectivity index (χ1v) is 47.6. The highest BCUT2D eigenvalue weighted by molar-refractivity contribution is 7.47. The van der Waals surface area contributed by atoms with Gasteiger partial charge >= 0.3 is 39.5 Å². The molecule has 2 unspecified atom stereocenters. The predicted molar refractivity (Wildman–Crippen MR) is 432 cm³/mol. The normalized spacial score (nSPS) is 13.8. The predicted octanol–water partition coefficient (Wildman–Crippen LogP) is 26.4. The molecule has 0 spiro atoms. The number of aliphatic hydroxyl groups excluding tert-OH is 1. The fraction of sp³-hybridized carbons (Fsp3) is 0.953. The molecule has 0 heterocycles. The van der Waals surface area contributed by atoms with Crippen LogP contribution in [0, 0.1) is 5.92 Å². The lowest BCUT2D eigenvalue weighted by atomic mass is 10.0. The zero-order valence-electron chi connectivity index (χ0n) is 68.9. The lowest BCUT2D eigenvalue weighted by Gasteiger charge is -2.21. The van der Waals surface area contributed by atoms with Crippen LogP contribution in [0.25, 0.3) is 0 Å². The van der Waals surface area contributed by atoms with E-state index in [1.807, 2.05) is 0 Å². The Morgan fingerprint density at radius 3 is 0.648 bits per heavy atom. The first-order chi connectivity index (χ1) is 51.0. The summed E-state index contributed by atoms with van der Waals surface area (Å²) in [6, 6.07) is 0. The maximum absolute atomic E-state index is 13.1. The molecule has 0 bridgehead atoms. The molecule has 0 aliphatic rings. The third kappa shape index (κ3) is 79.9. The van der Waals surface area contributed by atoms with Gasteiger partial charge < -0.3 is 33.8 Å². The number of rotatable bonds is 86. The number of carbonyl (C=O) groups is 4. The van der Waals surface area contributed by atoms with Crippen molar-refractivity contribution in [2.75, 3.05) is 39.6 Å². The molecule has 5 atom stereocenters. The fourth-order valence-electron chi connectivity index (χ4n) is 13.5. The van der Waals surface area contributed by atoms with Gasteiger partial charge in [0.2, 0.25) is 0 Å². The van der Waals surface area contributed by atoms with E-state index in [9.17, 15) is 43.2 Å². The van der Waals surface area contributed by atoms with E-state index < -0.39 is 97.5 Å². The molecule has 0 saturated carbocycles. The first kappa shape index (κ1) is 103. The van der Waals surface area contributed by atoms with Gasteiger partial charge in [-0.1, -0.05) is 413 Å². The summed E-state index contributed by atoms with van der Waals surface area (Å²) in [5.41, 5.74) is 0. The number of aliphatic hydroxyl groups is 1. The molecule has 0 rings (SSSR count). The summed E-state index contributed by atoms with van der Waals surface area (Å²) >= 11 is 0. The lowest BCUT2D eigenvalue weighted by molar-refractivity contribution is -0.161. The van der Waals surface area contributed by atoms with E-state index in [4.69, 9.17) is 37.0 Å². The summed E-state index contributed by atoms with van der Waals surface area (Å²) in [5, 5.41) is 10.7. The molecule has 17 nitrogen and oxygen atoms in total. The highest BCUT2D eigenvalue weighted by atomic mass is 31.2. The standard InChI is InChI=1S/C86H168O17P2/c1-6-9-12-15-18-21-24-27-29-31-36-40-45-50-55-60-65-70-84(89)97-76-82(103-86(91)72-67-62-57-52-47-42-37-33-32-34-39-43-48-53-58-63-68-79(4)5)78-101-105(94,95)99-74-80(87)73-98-104(92,93)100-77-81(75-96-83(88)69-64-59-54-49-44-38-26-23-20-17-14-11-8-3)102-85(90)71-66-61-56-51-46-41-35-30-28-25-22-19-16-13-10-7-2/h79-82,87H,6-78H2,1-5H3,(H,92,93)(H,94,95)/t80-,81+,82+/m0/s1. The summed E-state index contributed by atoms with van der Waals surface area (Å²) in [4.78, 5) is 73.3. The Morgan fingerprint density at radius 2 is 0.438 bits per heavy atom. The van der Waals surface area contributed by atoms with Crippen molar-refractivity contribution >= 4 is 39.5 Å². The Morgan fingerprint density at radius 1 is 0.257 bits per heavy atom. The van der Waals surface area contributed by atoms with E-state index >= 15 is 0 Å². The Kier molecular flexibility index (Phi) is 77.3. The van der Waals surface area contributed by atoms with Crippen LogP contribution >= 0.6 is 15.6 Å². The summed E-state index contributed by atoms with van der Waals surface area (Å²) in [7, 11) is -9.93. The third-order valence-corrected chi connectivity index (χ3v) is 22.2. The van der Waals surface area contributed by atoms with Crippen LogP contribution in [0.1, 0.15) is 465 Å². The van der Waals surface area contributed by atoms with Gasteiger partial charge in [0.1, 0.15) is 19.3 Å². The molecular formula is C86H168O17P2. The van der Waals surface area contributed by atoms with Gasteiger partial charge in [0, 0.05) is 25.7 Å². The van der Waals surface area contributed by atoms with E-state index in [1.54, 1.807) is 0 Å². The summed E-state index contributed by atoms with van der Waals surface area (Å²) in [6.07, 6.45) is 72.0. The quantitative estimate of drug-likeness (QED) is 0.0222. The van der Waals surface area contributed by atoms with Crippen molar-refractivity contribution in [2.24, 2.45) is 5.92 Å². The lowest BCUT2D eigenvalue weighted by Crippen LogP contribution is -2.30. The Hall–Kier alpha value is -1.94. The van der Waals surface area contributed by atoms with Crippen molar-refractivity contribution in [1.82, 2.24) is 0 Å². The fourth-order valence-corrected chi connectivity index (χ4v) is 15.1. The molecule has 0 amide bonds. The summed E-state index contributed by atoms with van der Waals surface area (Å²) in [5.74, 6) is -1.29. The Labute approximate surface area is 645 Å². The van der Waals surface area contributed by atoms with Crippen LogP contribution in [0.3, 0.4) is 0 Å². The van der Waals surface area contributed by atoms with Gasteiger partial charge in [-0.05, 0) is 31.6 Å². The van der Waals surface area contributed by atoms with E-state index in [1.165, 1.54) is 289 Å². The zero-order valence-corrected chi connectivity index (χ0v) is 70.7. The van der Waals surface area contributed by atoms with Gasteiger partial charge in [-0.15, -0.1) is 0 Å². The maximum atomic E-state index is 13.1. The SMILES string of the molecule is CCCCCCCCCCCCCCCCCCCC(=O)OC[C@H](COP(=O)(O)OC[C@@H](O)COP(=O)(O)OC[C@@H](COC(=O)CCCCCCCCCCCCCCC)OC(=O)CCCCCCCCCCCCCCCCCC)OC(=O)CCCCCCCCCCCCCCCCCCC(C)C. The monoisotopic (exact) mass is 1540 g/mol. The highest BCUT2D eigenvalue weighted by Gasteiger charge is 2.30. The number of hydrogen-bond acceptors (Lipinski definition) is 15. The molecule has 0 aromatic rings. The minimum absolute atomic E-state index is 0.109. The minimum atomic E-state index is -4.97. The van der Waals surface area contributed by atoms with E-state index in [-0.39, 0.29) is 25.7 Å². The van der Waals surface area contributed by atoms with Gasteiger partial charge in [0.05, 0.1) is 26.4 Å². The van der Waals surface area contributed by atoms with Crippen LogP contribution in [0.5, 0.6) is 0 Å². The van der Waals surface area contributed by atoms with Crippen LogP contribution in [-0.4, -0.2) is 96.7 Å². The van der Waals surface area contributed by atoms with Crippen LogP contribution in [0.2, 0.25) is 0 Å². The summed E-state index contributed by atoms with van der Waals surface area (Å²) < 4.78 is 69.0. The van der Waals surface area contributed by atoms with Gasteiger partial charge in [-0.2, -0.15) is 0 Å². The molecule has 0 aromatic carbocycles. The minimum Gasteiger partial charge on any atom is -0.462 e. The summed E-state index contributed by atoms with van der Waals surface area (Å²) in [6.45, 7) is 7.41. The average Bonchev–Trinajstić information content (AvgIpc) is 0.946. The molecule has 19 heteroatoms. The van der Waals surface area contributed by atoms with Crippen molar-refractivity contribution < 1.29 is 80.2 Å². The molecule has 105 heavy (non-hydrogen) atoms. The van der Waals surface area contributed by atoms with Gasteiger partial charge in [-0.25, -0.2) is 9.13 Å². The topological polar surface area (TPSA) is 237 Å². The van der Waals surface area contributed by atoms with E-state index in [2.05, 4.69) is 34.6 Å². The smallest absolute Gasteiger partial charge is 0.462 e. The molecule has 0 fully saturated rings. The van der Waals surface area contributed by atoms with E-state index in [0.717, 1.165) is 95.8 Å². The second-order valence-electron chi connectivity index (χ2n) is 31.4. The second-order valence-corrected chi connectivity index (χ2v) is 34.3. The Balaban J connectivity index is 5.26. The molecule has 0 aromatic heterocycles. The third-order valence-electron chi connectivity index (χ3n) is 20.3. The van der Waals surface area contributed by atoms with Gasteiger partial charge in [0.25, 0.3) is 0 Å². The molecular weight excluding hydrogens is 1370 g/mol. The number of unbranched alkanes of at least 4 members (excludes halogenated alkanes) is 58.